The number of anilines is 3. The van der Waals surface area contributed by atoms with Gasteiger partial charge in [0.2, 0.25) is 0 Å². The molecule has 4 N–H and O–H groups in total. The van der Waals surface area contributed by atoms with E-state index in [9.17, 15) is 8.78 Å². The van der Waals surface area contributed by atoms with Crippen molar-refractivity contribution < 1.29 is 8.78 Å². The summed E-state index contributed by atoms with van der Waals surface area (Å²) in [6.45, 7) is 3.55. The lowest BCUT2D eigenvalue weighted by atomic mass is 10.2. The van der Waals surface area contributed by atoms with Gasteiger partial charge in [0.1, 0.15) is 29.0 Å². The van der Waals surface area contributed by atoms with Crippen LogP contribution in [0.2, 0.25) is 0 Å². The summed E-state index contributed by atoms with van der Waals surface area (Å²) in [5, 5.41) is 2.66. The highest BCUT2D eigenvalue weighted by atomic mass is 19.1. The van der Waals surface area contributed by atoms with Crippen molar-refractivity contribution in [3.63, 3.8) is 0 Å². The van der Waals surface area contributed by atoms with Crippen molar-refractivity contribution in [3.8, 4) is 0 Å². The van der Waals surface area contributed by atoms with Gasteiger partial charge in [-0.25, -0.2) is 24.6 Å². The summed E-state index contributed by atoms with van der Waals surface area (Å²) < 4.78 is 27.8. The Morgan fingerprint density at radius 3 is 2.57 bits per heavy atom. The highest BCUT2D eigenvalue weighted by Crippen LogP contribution is 2.25. The zero-order chi connectivity index (χ0) is 15.4. The molecule has 112 valence electrons. The van der Waals surface area contributed by atoms with Crippen LogP contribution in [0.25, 0.3) is 0 Å². The Balaban J connectivity index is 2.39. The Bertz CT molecular complexity index is 646. The van der Waals surface area contributed by atoms with E-state index >= 15 is 0 Å². The lowest BCUT2D eigenvalue weighted by Crippen LogP contribution is -2.12. The molecule has 2 rings (SSSR count). The number of aryl methyl sites for hydroxylation is 2. The van der Waals surface area contributed by atoms with Crippen LogP contribution in [0.5, 0.6) is 0 Å². The monoisotopic (exact) mass is 293 g/mol. The zero-order valence-corrected chi connectivity index (χ0v) is 11.9. The van der Waals surface area contributed by atoms with E-state index in [0.29, 0.717) is 23.6 Å². The van der Waals surface area contributed by atoms with Crippen LogP contribution in [-0.4, -0.2) is 9.97 Å². The maximum atomic E-state index is 14.0. The Morgan fingerprint density at radius 2 is 1.90 bits per heavy atom. The average Bonchev–Trinajstić information content (AvgIpc) is 2.48. The molecular weight excluding hydrogens is 276 g/mol. The molecule has 0 saturated heterocycles. The van der Waals surface area contributed by atoms with Crippen molar-refractivity contribution in [3.05, 3.63) is 41.2 Å². The molecule has 1 aromatic carbocycles. The van der Waals surface area contributed by atoms with Crippen LogP contribution < -0.4 is 16.6 Å². The minimum absolute atomic E-state index is 0.237. The van der Waals surface area contributed by atoms with Crippen molar-refractivity contribution in [2.45, 2.75) is 26.7 Å². The number of nitrogens with one attached hydrogen (secondary N) is 2. The smallest absolute Gasteiger partial charge is 0.152 e. The van der Waals surface area contributed by atoms with E-state index < -0.39 is 11.6 Å². The molecule has 0 radical (unpaired) electrons. The highest BCUT2D eigenvalue weighted by molar-refractivity contribution is 5.61. The molecule has 0 aliphatic carbocycles. The second-order valence-corrected chi connectivity index (χ2v) is 4.63. The van der Waals surface area contributed by atoms with Gasteiger partial charge in [-0.15, -0.1) is 0 Å². The molecule has 7 heteroatoms. The first-order chi connectivity index (χ1) is 10.0. The molecule has 0 atom stereocenters. The van der Waals surface area contributed by atoms with Gasteiger partial charge < -0.3 is 10.7 Å². The summed E-state index contributed by atoms with van der Waals surface area (Å²) in [5.41, 5.74) is 2.52. The molecule has 2 aromatic rings. The van der Waals surface area contributed by atoms with Crippen molar-refractivity contribution in [1.29, 1.82) is 0 Å². The van der Waals surface area contributed by atoms with Crippen LogP contribution in [0.3, 0.4) is 0 Å². The fraction of sp³-hybridized carbons (Fsp3) is 0.286. The van der Waals surface area contributed by atoms with Gasteiger partial charge in [0.15, 0.2) is 5.82 Å². The SMILES string of the molecule is CCCc1nc(NN)cc(Nc2c(F)ccc(C)c2F)n1. The first-order valence-electron chi connectivity index (χ1n) is 6.61. The molecule has 0 bridgehead atoms. The van der Waals surface area contributed by atoms with E-state index in [1.165, 1.54) is 18.2 Å². The van der Waals surface area contributed by atoms with Gasteiger partial charge in [0, 0.05) is 12.5 Å². The number of aromatic nitrogens is 2. The maximum absolute atomic E-state index is 14.0. The fourth-order valence-electron chi connectivity index (χ4n) is 1.87. The summed E-state index contributed by atoms with van der Waals surface area (Å²) >= 11 is 0. The van der Waals surface area contributed by atoms with Crippen molar-refractivity contribution >= 4 is 17.3 Å². The predicted octanol–water partition coefficient (Wildman–Crippen LogP) is 3.04. The lowest BCUT2D eigenvalue weighted by Gasteiger charge is -2.12. The van der Waals surface area contributed by atoms with Crippen LogP contribution in [0.15, 0.2) is 18.2 Å². The minimum Gasteiger partial charge on any atom is -0.335 e. The first kappa shape index (κ1) is 15.1. The second-order valence-electron chi connectivity index (χ2n) is 4.63. The predicted molar refractivity (Wildman–Crippen MR) is 78.2 cm³/mol. The Kier molecular flexibility index (Phi) is 4.64. The molecule has 0 aliphatic rings. The molecule has 0 aliphatic heterocycles. The molecule has 5 nitrogen and oxygen atoms in total. The second kappa shape index (κ2) is 6.45. The van der Waals surface area contributed by atoms with Crippen LogP contribution in [0.1, 0.15) is 24.7 Å². The molecule has 1 heterocycles. The number of nitrogens with zero attached hydrogens (tertiary/aromatic N) is 2. The molecule has 0 fully saturated rings. The maximum Gasteiger partial charge on any atom is 0.152 e. The molecule has 0 saturated carbocycles. The van der Waals surface area contributed by atoms with Crippen molar-refractivity contribution in [2.24, 2.45) is 5.84 Å². The van der Waals surface area contributed by atoms with Gasteiger partial charge in [0.05, 0.1) is 0 Å². The molecule has 21 heavy (non-hydrogen) atoms. The number of benzene rings is 1. The summed E-state index contributed by atoms with van der Waals surface area (Å²) in [5.74, 6) is 5.22. The van der Waals surface area contributed by atoms with Crippen molar-refractivity contribution in [1.82, 2.24) is 9.97 Å². The zero-order valence-electron chi connectivity index (χ0n) is 11.9. The first-order valence-corrected chi connectivity index (χ1v) is 6.61. The van der Waals surface area contributed by atoms with Crippen LogP contribution in [0, 0.1) is 18.6 Å². The topological polar surface area (TPSA) is 75.9 Å². The molecular formula is C14H17F2N5. The Morgan fingerprint density at radius 1 is 1.19 bits per heavy atom. The number of halogens is 2. The number of hydrazine groups is 1. The van der Waals surface area contributed by atoms with Crippen LogP contribution in [0.4, 0.5) is 26.1 Å². The lowest BCUT2D eigenvalue weighted by molar-refractivity contribution is 0.584. The van der Waals surface area contributed by atoms with Gasteiger partial charge in [-0.05, 0) is 25.0 Å². The number of nitrogens with two attached hydrogens (primary N) is 1. The minimum atomic E-state index is -0.684. The quantitative estimate of drug-likeness (QED) is 0.583. The van der Waals surface area contributed by atoms with E-state index in [1.807, 2.05) is 6.92 Å². The van der Waals surface area contributed by atoms with Gasteiger partial charge in [0.25, 0.3) is 0 Å². The fourth-order valence-corrected chi connectivity index (χ4v) is 1.87. The van der Waals surface area contributed by atoms with Gasteiger partial charge in [-0.3, -0.25) is 0 Å². The molecule has 1 aromatic heterocycles. The molecule has 0 amide bonds. The largest absolute Gasteiger partial charge is 0.335 e. The van der Waals surface area contributed by atoms with Crippen molar-refractivity contribution in [2.75, 3.05) is 10.7 Å². The normalized spacial score (nSPS) is 10.5. The van der Waals surface area contributed by atoms with E-state index in [1.54, 1.807) is 6.92 Å². The summed E-state index contributed by atoms with van der Waals surface area (Å²) in [4.78, 5) is 8.40. The van der Waals surface area contributed by atoms with Gasteiger partial charge >= 0.3 is 0 Å². The van der Waals surface area contributed by atoms with Gasteiger partial charge in [-0.1, -0.05) is 13.0 Å². The van der Waals surface area contributed by atoms with E-state index in [4.69, 9.17) is 5.84 Å². The molecule has 0 spiro atoms. The van der Waals surface area contributed by atoms with Gasteiger partial charge in [-0.2, -0.15) is 0 Å². The number of hydrogen-bond donors (Lipinski definition) is 3. The van der Waals surface area contributed by atoms with Crippen LogP contribution >= 0.6 is 0 Å². The summed E-state index contributed by atoms with van der Waals surface area (Å²) in [6, 6.07) is 4.07. The highest BCUT2D eigenvalue weighted by Gasteiger charge is 2.13. The van der Waals surface area contributed by atoms with E-state index in [-0.39, 0.29) is 11.5 Å². The number of hydrogen-bond acceptors (Lipinski definition) is 5. The number of rotatable bonds is 5. The Labute approximate surface area is 121 Å². The standard InChI is InChI=1S/C14H17F2N5/c1-3-4-10-18-11(7-12(19-10)21-17)20-14-9(15)6-5-8(2)13(14)16/h5-7H,3-4,17H2,1-2H3,(H2,18,19,20,21). The third-order valence-electron chi connectivity index (χ3n) is 2.93. The average molecular weight is 293 g/mol. The summed E-state index contributed by atoms with van der Waals surface area (Å²) in [7, 11) is 0. The third kappa shape index (κ3) is 3.43. The number of nitrogen functional groups attached to an aromatic ring is 1. The molecule has 0 unspecified atom stereocenters. The van der Waals surface area contributed by atoms with E-state index in [2.05, 4.69) is 20.7 Å². The summed E-state index contributed by atoms with van der Waals surface area (Å²) in [6.07, 6.45) is 1.49. The van der Waals surface area contributed by atoms with E-state index in [0.717, 1.165) is 6.42 Å². The Hall–Kier alpha value is -2.28. The van der Waals surface area contributed by atoms with Crippen LogP contribution in [-0.2, 0) is 6.42 Å². The third-order valence-corrected chi connectivity index (χ3v) is 2.93.